The molecule has 0 unspecified atom stereocenters. The maximum atomic E-state index is 12.3. The molecular formula is C21H26N6OS. The van der Waals surface area contributed by atoms with Gasteiger partial charge in [-0.25, -0.2) is 14.6 Å². The molecular weight excluding hydrogens is 384 g/mol. The number of rotatable bonds is 7. The molecule has 0 saturated carbocycles. The van der Waals surface area contributed by atoms with E-state index in [-0.39, 0.29) is 5.91 Å². The van der Waals surface area contributed by atoms with Crippen molar-refractivity contribution in [2.45, 2.75) is 38.4 Å². The largest absolute Gasteiger partial charge is 0.356 e. The van der Waals surface area contributed by atoms with Crippen LogP contribution in [-0.2, 0) is 6.54 Å². The third-order valence-corrected chi connectivity index (χ3v) is 5.79. The highest BCUT2D eigenvalue weighted by Crippen LogP contribution is 2.29. The van der Waals surface area contributed by atoms with Gasteiger partial charge in [-0.05, 0) is 37.7 Å². The second-order valence-electron chi connectivity index (χ2n) is 7.18. The van der Waals surface area contributed by atoms with Crippen LogP contribution in [0, 0.1) is 6.92 Å². The molecule has 0 atom stereocenters. The third-order valence-electron chi connectivity index (χ3n) is 5.06. The molecule has 0 spiro atoms. The van der Waals surface area contributed by atoms with Gasteiger partial charge in [0.25, 0.3) is 5.91 Å². The molecule has 1 saturated heterocycles. The normalized spacial score (nSPS) is 13.9. The number of carbonyl (C=O) groups excluding carboxylic acids is 1. The van der Waals surface area contributed by atoms with Crippen LogP contribution >= 0.6 is 11.8 Å². The van der Waals surface area contributed by atoms with Crippen LogP contribution in [0.3, 0.4) is 0 Å². The van der Waals surface area contributed by atoms with Crippen molar-refractivity contribution in [3.63, 3.8) is 0 Å². The number of hydrogen-bond acceptors (Lipinski definition) is 6. The van der Waals surface area contributed by atoms with Gasteiger partial charge in [-0.15, -0.1) is 0 Å². The van der Waals surface area contributed by atoms with Gasteiger partial charge < -0.3 is 10.2 Å². The second-order valence-corrected chi connectivity index (χ2v) is 8.42. The lowest BCUT2D eigenvalue weighted by molar-refractivity contribution is 0.0952. The van der Waals surface area contributed by atoms with E-state index in [1.807, 2.05) is 42.1 Å². The van der Waals surface area contributed by atoms with E-state index >= 15 is 0 Å². The number of benzene rings is 1. The molecule has 4 rings (SSSR count). The van der Waals surface area contributed by atoms with Crippen molar-refractivity contribution < 1.29 is 4.79 Å². The van der Waals surface area contributed by atoms with Crippen molar-refractivity contribution in [2.75, 3.05) is 30.3 Å². The Bertz CT molecular complexity index is 994. The van der Waals surface area contributed by atoms with Crippen LogP contribution in [0.2, 0.25) is 0 Å². The Morgan fingerprint density at radius 2 is 1.93 bits per heavy atom. The summed E-state index contributed by atoms with van der Waals surface area (Å²) in [4.78, 5) is 24.2. The van der Waals surface area contributed by atoms with Gasteiger partial charge in [0.1, 0.15) is 5.82 Å². The maximum Gasteiger partial charge on any atom is 0.251 e. The molecule has 1 fully saturated rings. The number of amides is 1. The van der Waals surface area contributed by atoms with Gasteiger partial charge in [0.05, 0.1) is 18.1 Å². The lowest BCUT2D eigenvalue weighted by atomic mass is 10.1. The molecule has 1 aliphatic rings. The first kappa shape index (κ1) is 19.7. The zero-order chi connectivity index (χ0) is 20.2. The van der Waals surface area contributed by atoms with Gasteiger partial charge >= 0.3 is 0 Å². The number of nitrogens with one attached hydrogen (secondary N) is 1. The second kappa shape index (κ2) is 8.82. The number of thioether (sulfide) groups is 1. The number of fused-ring (bicyclic) bond motifs is 1. The highest BCUT2D eigenvalue weighted by molar-refractivity contribution is 7.99. The molecule has 1 N–H and O–H groups in total. The number of nitrogens with zero attached hydrogens (tertiary/aromatic N) is 5. The van der Waals surface area contributed by atoms with E-state index in [1.54, 1.807) is 11.8 Å². The molecule has 0 bridgehead atoms. The van der Waals surface area contributed by atoms with Gasteiger partial charge in [0, 0.05) is 25.2 Å². The Labute approximate surface area is 174 Å². The van der Waals surface area contributed by atoms with Gasteiger partial charge in [-0.3, -0.25) is 4.79 Å². The lowest BCUT2D eigenvalue weighted by Gasteiger charge is -2.17. The van der Waals surface area contributed by atoms with Crippen molar-refractivity contribution in [1.82, 2.24) is 25.1 Å². The summed E-state index contributed by atoms with van der Waals surface area (Å²) in [5.74, 6) is 1.83. The third kappa shape index (κ3) is 4.37. The van der Waals surface area contributed by atoms with Crippen LogP contribution in [0.4, 0.5) is 5.82 Å². The van der Waals surface area contributed by atoms with E-state index in [1.165, 1.54) is 12.8 Å². The van der Waals surface area contributed by atoms with E-state index in [2.05, 4.69) is 22.2 Å². The fraction of sp³-hybridized carbons (Fsp3) is 0.429. The minimum absolute atomic E-state index is 0.0731. The molecule has 7 nitrogen and oxygen atoms in total. The summed E-state index contributed by atoms with van der Waals surface area (Å²) in [5, 5.41) is 9.28. The molecule has 3 heterocycles. The van der Waals surface area contributed by atoms with Crippen molar-refractivity contribution in [3.05, 3.63) is 41.6 Å². The van der Waals surface area contributed by atoms with E-state index in [9.17, 15) is 4.79 Å². The maximum absolute atomic E-state index is 12.3. The average Bonchev–Trinajstić information content (AvgIpc) is 3.39. The summed E-state index contributed by atoms with van der Waals surface area (Å²) < 4.78 is 1.87. The quantitative estimate of drug-likeness (QED) is 0.476. The average molecular weight is 411 g/mol. The fourth-order valence-corrected chi connectivity index (χ4v) is 4.09. The van der Waals surface area contributed by atoms with E-state index < -0.39 is 0 Å². The van der Waals surface area contributed by atoms with Crippen molar-refractivity contribution in [3.8, 4) is 0 Å². The molecule has 0 radical (unpaired) electrons. The molecule has 3 aromatic rings. The Morgan fingerprint density at radius 1 is 1.17 bits per heavy atom. The van der Waals surface area contributed by atoms with Gasteiger partial charge in [-0.1, -0.05) is 36.4 Å². The van der Waals surface area contributed by atoms with Crippen molar-refractivity contribution >= 4 is 34.5 Å². The fourth-order valence-electron chi connectivity index (χ4n) is 3.53. The van der Waals surface area contributed by atoms with Crippen LogP contribution < -0.4 is 10.2 Å². The number of anilines is 1. The minimum atomic E-state index is -0.0731. The van der Waals surface area contributed by atoms with E-state index in [0.717, 1.165) is 46.4 Å². The monoisotopic (exact) mass is 410 g/mol. The summed E-state index contributed by atoms with van der Waals surface area (Å²) >= 11 is 1.64. The SMILES string of the molecule is CCSc1nc(N2CCCC2)c2cnn(CCNC(=O)c3ccc(C)cc3)c2n1. The molecule has 2 aromatic heterocycles. The predicted octanol–water partition coefficient (Wildman–Crippen LogP) is 3.28. The number of carbonyl (C=O) groups is 1. The highest BCUT2D eigenvalue weighted by atomic mass is 32.2. The summed E-state index contributed by atoms with van der Waals surface area (Å²) in [6, 6.07) is 7.58. The molecule has 1 amide bonds. The van der Waals surface area contributed by atoms with Crippen LogP contribution in [0.5, 0.6) is 0 Å². The zero-order valence-corrected chi connectivity index (χ0v) is 17.7. The van der Waals surface area contributed by atoms with Crippen molar-refractivity contribution in [1.29, 1.82) is 0 Å². The van der Waals surface area contributed by atoms with E-state index in [0.29, 0.717) is 18.7 Å². The zero-order valence-electron chi connectivity index (χ0n) is 16.9. The predicted molar refractivity (Wildman–Crippen MR) is 117 cm³/mol. The summed E-state index contributed by atoms with van der Waals surface area (Å²) in [5.41, 5.74) is 2.64. The summed E-state index contributed by atoms with van der Waals surface area (Å²) in [7, 11) is 0. The summed E-state index contributed by atoms with van der Waals surface area (Å²) in [6.45, 7) is 7.22. The molecule has 152 valence electrons. The molecule has 8 heteroatoms. The lowest BCUT2D eigenvalue weighted by Crippen LogP contribution is -2.27. The van der Waals surface area contributed by atoms with Crippen LogP contribution in [0.15, 0.2) is 35.6 Å². The molecule has 0 aliphatic carbocycles. The van der Waals surface area contributed by atoms with Gasteiger partial charge in [0.15, 0.2) is 10.8 Å². The minimum Gasteiger partial charge on any atom is -0.356 e. The smallest absolute Gasteiger partial charge is 0.251 e. The Balaban J connectivity index is 1.51. The van der Waals surface area contributed by atoms with Gasteiger partial charge in [0.2, 0.25) is 0 Å². The Morgan fingerprint density at radius 3 is 2.66 bits per heavy atom. The molecule has 1 aromatic carbocycles. The highest BCUT2D eigenvalue weighted by Gasteiger charge is 2.20. The van der Waals surface area contributed by atoms with Crippen LogP contribution in [0.25, 0.3) is 11.0 Å². The Kier molecular flexibility index (Phi) is 5.99. The van der Waals surface area contributed by atoms with Gasteiger partial charge in [-0.2, -0.15) is 5.10 Å². The topological polar surface area (TPSA) is 75.9 Å². The van der Waals surface area contributed by atoms with Crippen LogP contribution in [0.1, 0.15) is 35.7 Å². The Hall–Kier alpha value is -2.61. The number of aryl methyl sites for hydroxylation is 1. The van der Waals surface area contributed by atoms with E-state index in [4.69, 9.17) is 9.97 Å². The van der Waals surface area contributed by atoms with Crippen LogP contribution in [-0.4, -0.2) is 51.0 Å². The first-order chi connectivity index (χ1) is 14.2. The molecule has 29 heavy (non-hydrogen) atoms. The number of aromatic nitrogens is 4. The first-order valence-electron chi connectivity index (χ1n) is 10.1. The first-order valence-corrected chi connectivity index (χ1v) is 11.1. The number of hydrogen-bond donors (Lipinski definition) is 1. The van der Waals surface area contributed by atoms with Crippen molar-refractivity contribution in [2.24, 2.45) is 0 Å². The summed E-state index contributed by atoms with van der Waals surface area (Å²) in [6.07, 6.45) is 4.24. The molecule has 1 aliphatic heterocycles. The standard InChI is InChI=1S/C21H26N6OS/c1-3-29-21-24-18(26-11-4-5-12-26)17-14-23-27(19(17)25-21)13-10-22-20(28)16-8-6-15(2)7-9-16/h6-9,14H,3-5,10-13H2,1-2H3,(H,22,28).